The van der Waals surface area contributed by atoms with Gasteiger partial charge in [0.2, 0.25) is 0 Å². The molecule has 0 unspecified atom stereocenters. The van der Waals surface area contributed by atoms with Crippen LogP contribution in [-0.2, 0) is 4.79 Å². The average Bonchev–Trinajstić information content (AvgIpc) is 3.09. The molecule has 1 aliphatic heterocycles. The Balaban J connectivity index is 1.86. The van der Waals surface area contributed by atoms with Crippen LogP contribution in [0, 0.1) is 0 Å². The SMILES string of the molecule is CC(C)N1CCC(N(CC(=O)O)C2CC2)CC1. The van der Waals surface area contributed by atoms with E-state index in [4.69, 9.17) is 5.11 Å². The molecule has 1 saturated heterocycles. The maximum Gasteiger partial charge on any atom is 0.317 e. The Morgan fingerprint density at radius 3 is 2.18 bits per heavy atom. The van der Waals surface area contributed by atoms with Crippen LogP contribution in [0.15, 0.2) is 0 Å². The second-order valence-corrected chi connectivity index (χ2v) is 5.66. The lowest BCUT2D eigenvalue weighted by Gasteiger charge is -2.39. The van der Waals surface area contributed by atoms with Crippen LogP contribution in [0.3, 0.4) is 0 Å². The van der Waals surface area contributed by atoms with Crippen molar-refractivity contribution >= 4 is 5.97 Å². The molecule has 4 heteroatoms. The van der Waals surface area contributed by atoms with E-state index in [2.05, 4.69) is 23.6 Å². The number of aliphatic carboxylic acids is 1. The number of carboxylic acids is 1. The van der Waals surface area contributed by atoms with Gasteiger partial charge in [0.1, 0.15) is 0 Å². The number of likely N-dealkylation sites (tertiary alicyclic amines) is 1. The number of rotatable bonds is 5. The zero-order valence-electron chi connectivity index (χ0n) is 10.9. The minimum atomic E-state index is -0.678. The van der Waals surface area contributed by atoms with E-state index in [9.17, 15) is 4.79 Å². The van der Waals surface area contributed by atoms with E-state index in [1.165, 1.54) is 12.8 Å². The second kappa shape index (κ2) is 5.36. The van der Waals surface area contributed by atoms with E-state index in [1.807, 2.05) is 0 Å². The van der Waals surface area contributed by atoms with Crippen LogP contribution in [0.5, 0.6) is 0 Å². The fraction of sp³-hybridized carbons (Fsp3) is 0.923. The summed E-state index contributed by atoms with van der Waals surface area (Å²) in [7, 11) is 0. The molecule has 0 aromatic heterocycles. The third-order valence-corrected chi connectivity index (χ3v) is 4.03. The number of carboxylic acid groups (broad SMARTS) is 1. The van der Waals surface area contributed by atoms with E-state index in [-0.39, 0.29) is 6.54 Å². The monoisotopic (exact) mass is 240 g/mol. The molecule has 0 bridgehead atoms. The van der Waals surface area contributed by atoms with Gasteiger partial charge in [-0.25, -0.2) is 0 Å². The highest BCUT2D eigenvalue weighted by Gasteiger charge is 2.36. The summed E-state index contributed by atoms with van der Waals surface area (Å²) in [5, 5.41) is 8.98. The predicted octanol–water partition coefficient (Wildman–Crippen LogP) is 1.41. The zero-order valence-corrected chi connectivity index (χ0v) is 10.9. The number of hydrogen-bond donors (Lipinski definition) is 1. The Hall–Kier alpha value is -0.610. The molecule has 0 spiro atoms. The number of carbonyl (C=O) groups is 1. The van der Waals surface area contributed by atoms with Crippen LogP contribution < -0.4 is 0 Å². The molecule has 0 aromatic carbocycles. The van der Waals surface area contributed by atoms with E-state index >= 15 is 0 Å². The molecule has 98 valence electrons. The Morgan fingerprint density at radius 2 is 1.76 bits per heavy atom. The third kappa shape index (κ3) is 3.42. The summed E-state index contributed by atoms with van der Waals surface area (Å²) in [5.74, 6) is -0.678. The van der Waals surface area contributed by atoms with Crippen LogP contribution >= 0.6 is 0 Å². The van der Waals surface area contributed by atoms with Gasteiger partial charge >= 0.3 is 5.97 Å². The molecule has 1 N–H and O–H groups in total. The van der Waals surface area contributed by atoms with Crippen LogP contribution in [0.1, 0.15) is 39.5 Å². The maximum atomic E-state index is 10.9. The first kappa shape index (κ1) is 12.8. The summed E-state index contributed by atoms with van der Waals surface area (Å²) < 4.78 is 0. The minimum absolute atomic E-state index is 0.233. The Kier molecular flexibility index (Phi) is 4.05. The highest BCUT2D eigenvalue weighted by atomic mass is 16.4. The van der Waals surface area contributed by atoms with Crippen molar-refractivity contribution in [1.29, 1.82) is 0 Å². The molecule has 0 radical (unpaired) electrons. The van der Waals surface area contributed by atoms with Crippen LogP contribution in [0.4, 0.5) is 0 Å². The van der Waals surface area contributed by atoms with Crippen molar-refractivity contribution < 1.29 is 9.90 Å². The van der Waals surface area contributed by atoms with E-state index < -0.39 is 5.97 Å². The lowest BCUT2D eigenvalue weighted by molar-refractivity contribution is -0.139. The smallest absolute Gasteiger partial charge is 0.317 e. The van der Waals surface area contributed by atoms with Crippen molar-refractivity contribution in [1.82, 2.24) is 9.80 Å². The normalized spacial score (nSPS) is 23.5. The molecule has 0 amide bonds. The van der Waals surface area contributed by atoms with Crippen molar-refractivity contribution in [3.63, 3.8) is 0 Å². The fourth-order valence-electron chi connectivity index (χ4n) is 2.85. The summed E-state index contributed by atoms with van der Waals surface area (Å²) in [6, 6.07) is 1.67. The molecule has 2 aliphatic rings. The summed E-state index contributed by atoms with van der Waals surface area (Å²) in [6.45, 7) is 6.93. The predicted molar refractivity (Wildman–Crippen MR) is 67.1 cm³/mol. The molecule has 4 nitrogen and oxygen atoms in total. The van der Waals surface area contributed by atoms with Gasteiger partial charge < -0.3 is 10.0 Å². The van der Waals surface area contributed by atoms with Gasteiger partial charge in [0, 0.05) is 18.1 Å². The van der Waals surface area contributed by atoms with Crippen molar-refractivity contribution in [2.24, 2.45) is 0 Å². The summed E-state index contributed by atoms with van der Waals surface area (Å²) in [5.41, 5.74) is 0. The lowest BCUT2D eigenvalue weighted by Crippen LogP contribution is -2.49. The second-order valence-electron chi connectivity index (χ2n) is 5.66. The van der Waals surface area contributed by atoms with E-state index in [0.29, 0.717) is 18.1 Å². The Morgan fingerprint density at radius 1 is 1.24 bits per heavy atom. The van der Waals surface area contributed by atoms with E-state index in [0.717, 1.165) is 25.9 Å². The molecule has 0 aromatic rings. The molecule has 2 fully saturated rings. The number of piperidine rings is 1. The highest BCUT2D eigenvalue weighted by molar-refractivity contribution is 5.69. The number of hydrogen-bond acceptors (Lipinski definition) is 3. The third-order valence-electron chi connectivity index (χ3n) is 4.03. The first-order valence-electron chi connectivity index (χ1n) is 6.79. The van der Waals surface area contributed by atoms with Gasteiger partial charge in [-0.05, 0) is 52.6 Å². The molecule has 17 heavy (non-hydrogen) atoms. The molecule has 1 aliphatic carbocycles. The van der Waals surface area contributed by atoms with Crippen LogP contribution in [0.2, 0.25) is 0 Å². The molecular weight excluding hydrogens is 216 g/mol. The largest absolute Gasteiger partial charge is 0.480 e. The Bertz CT molecular complexity index is 269. The van der Waals surface area contributed by atoms with Gasteiger partial charge in [-0.1, -0.05) is 0 Å². The summed E-state index contributed by atoms with van der Waals surface area (Å²) >= 11 is 0. The number of nitrogens with zero attached hydrogens (tertiary/aromatic N) is 2. The molecular formula is C13H24N2O2. The Labute approximate surface area is 104 Å². The average molecular weight is 240 g/mol. The first-order valence-corrected chi connectivity index (χ1v) is 6.79. The van der Waals surface area contributed by atoms with Crippen molar-refractivity contribution in [3.8, 4) is 0 Å². The lowest BCUT2D eigenvalue weighted by atomic mass is 10.0. The molecule has 2 rings (SSSR count). The van der Waals surface area contributed by atoms with Crippen molar-refractivity contribution in [2.45, 2.75) is 57.7 Å². The van der Waals surface area contributed by atoms with Gasteiger partial charge in [-0.15, -0.1) is 0 Å². The molecule has 1 saturated carbocycles. The van der Waals surface area contributed by atoms with Gasteiger partial charge in [0.05, 0.1) is 6.54 Å². The highest BCUT2D eigenvalue weighted by Crippen LogP contribution is 2.31. The van der Waals surface area contributed by atoms with Crippen LogP contribution in [-0.4, -0.2) is 58.6 Å². The first-order chi connectivity index (χ1) is 8.08. The van der Waals surface area contributed by atoms with Gasteiger partial charge in [0.15, 0.2) is 0 Å². The molecule has 1 heterocycles. The van der Waals surface area contributed by atoms with Gasteiger partial charge in [0.25, 0.3) is 0 Å². The van der Waals surface area contributed by atoms with Crippen molar-refractivity contribution in [2.75, 3.05) is 19.6 Å². The quantitative estimate of drug-likeness (QED) is 0.789. The van der Waals surface area contributed by atoms with Crippen molar-refractivity contribution in [3.05, 3.63) is 0 Å². The molecule has 0 atom stereocenters. The minimum Gasteiger partial charge on any atom is -0.480 e. The van der Waals surface area contributed by atoms with Gasteiger partial charge in [-0.2, -0.15) is 0 Å². The van der Waals surface area contributed by atoms with Crippen LogP contribution in [0.25, 0.3) is 0 Å². The summed E-state index contributed by atoms with van der Waals surface area (Å²) in [4.78, 5) is 15.6. The summed E-state index contributed by atoms with van der Waals surface area (Å²) in [6.07, 6.45) is 4.64. The van der Waals surface area contributed by atoms with E-state index in [1.54, 1.807) is 0 Å². The fourth-order valence-corrected chi connectivity index (χ4v) is 2.85. The zero-order chi connectivity index (χ0) is 12.4. The maximum absolute atomic E-state index is 10.9. The van der Waals surface area contributed by atoms with Gasteiger partial charge in [-0.3, -0.25) is 9.69 Å². The standard InChI is InChI=1S/C13H24N2O2/c1-10(2)14-7-5-12(6-8-14)15(9-13(16)17)11-3-4-11/h10-12H,3-9H2,1-2H3,(H,16,17). The topological polar surface area (TPSA) is 43.8 Å².